The second-order valence-corrected chi connectivity index (χ2v) is 6.72. The van der Waals surface area contributed by atoms with Crippen LogP contribution in [0.25, 0.3) is 0 Å². The second kappa shape index (κ2) is 10.4. The molecule has 1 aromatic heterocycles. The predicted molar refractivity (Wildman–Crippen MR) is 91.7 cm³/mol. The first-order chi connectivity index (χ1) is 10.9. The summed E-state index contributed by atoms with van der Waals surface area (Å²) in [5.41, 5.74) is -0.467. The molecule has 1 N–H and O–H groups in total. The van der Waals surface area contributed by atoms with E-state index in [1.54, 1.807) is 6.20 Å². The third-order valence-corrected chi connectivity index (χ3v) is 2.97. The van der Waals surface area contributed by atoms with E-state index in [0.29, 0.717) is 26.4 Å². The number of ether oxygens (including phenoxy) is 3. The summed E-state index contributed by atoms with van der Waals surface area (Å²) >= 11 is 3.29. The van der Waals surface area contributed by atoms with E-state index in [-0.39, 0.29) is 0 Å². The number of halogens is 1. The molecule has 0 saturated carbocycles. The van der Waals surface area contributed by atoms with Gasteiger partial charge in [0, 0.05) is 38.4 Å². The summed E-state index contributed by atoms with van der Waals surface area (Å²) in [5, 5.41) is 2.69. The maximum absolute atomic E-state index is 11.4. The maximum Gasteiger partial charge on any atom is 0.407 e. The van der Waals surface area contributed by atoms with Crippen LogP contribution in [-0.4, -0.2) is 43.0 Å². The predicted octanol–water partition coefficient (Wildman–Crippen LogP) is 3.54. The highest BCUT2D eigenvalue weighted by Crippen LogP contribution is 2.14. The number of aromatic nitrogens is 1. The number of carbonyl (C=O) groups is 1. The van der Waals surface area contributed by atoms with Crippen molar-refractivity contribution in [3.8, 4) is 5.75 Å². The van der Waals surface area contributed by atoms with Crippen LogP contribution in [0.5, 0.6) is 5.75 Å². The minimum Gasteiger partial charge on any atom is -0.493 e. The number of rotatable bonds is 9. The molecule has 0 spiro atoms. The highest BCUT2D eigenvalue weighted by Gasteiger charge is 2.15. The maximum atomic E-state index is 11.4. The molecule has 0 bridgehead atoms. The Balaban J connectivity index is 1.93. The Kier molecular flexibility index (Phi) is 8.94. The van der Waals surface area contributed by atoms with Gasteiger partial charge in [-0.15, -0.1) is 0 Å². The van der Waals surface area contributed by atoms with Gasteiger partial charge in [0.05, 0.1) is 6.61 Å². The molecule has 0 radical (unpaired) electrons. The van der Waals surface area contributed by atoms with Crippen molar-refractivity contribution in [2.75, 3.05) is 26.4 Å². The molecule has 6 nitrogen and oxygen atoms in total. The van der Waals surface area contributed by atoms with Crippen LogP contribution in [0.15, 0.2) is 22.9 Å². The molecule has 0 aliphatic carbocycles. The van der Waals surface area contributed by atoms with Gasteiger partial charge in [-0.25, -0.2) is 9.78 Å². The minimum atomic E-state index is -0.467. The number of hydrogen-bond donors (Lipinski definition) is 1. The van der Waals surface area contributed by atoms with Gasteiger partial charge in [-0.05, 0) is 49.2 Å². The fourth-order valence-electron chi connectivity index (χ4n) is 1.61. The highest BCUT2D eigenvalue weighted by molar-refractivity contribution is 9.10. The van der Waals surface area contributed by atoms with E-state index < -0.39 is 11.7 Å². The molecule has 0 atom stereocenters. The summed E-state index contributed by atoms with van der Waals surface area (Å²) < 4.78 is 16.9. The molecule has 1 amide bonds. The minimum absolute atomic E-state index is 0.394. The summed E-state index contributed by atoms with van der Waals surface area (Å²) in [4.78, 5) is 15.4. The Bertz CT molecular complexity index is 477. The Morgan fingerprint density at radius 1 is 1.26 bits per heavy atom. The van der Waals surface area contributed by atoms with Gasteiger partial charge in [0.2, 0.25) is 0 Å². The van der Waals surface area contributed by atoms with Gasteiger partial charge < -0.3 is 19.5 Å². The van der Waals surface area contributed by atoms with Gasteiger partial charge in [-0.2, -0.15) is 0 Å². The molecule has 1 aromatic rings. The molecule has 0 aliphatic rings. The van der Waals surface area contributed by atoms with Crippen LogP contribution < -0.4 is 10.1 Å². The number of nitrogens with zero attached hydrogens (tertiary/aromatic N) is 1. The molecule has 0 aromatic carbocycles. The number of nitrogens with one attached hydrogen (secondary N) is 1. The molecule has 0 aliphatic heterocycles. The Labute approximate surface area is 146 Å². The van der Waals surface area contributed by atoms with Crippen LogP contribution in [0, 0.1) is 0 Å². The third-order valence-electron chi connectivity index (χ3n) is 2.53. The van der Waals surface area contributed by atoms with Crippen molar-refractivity contribution in [3.05, 3.63) is 22.9 Å². The van der Waals surface area contributed by atoms with Crippen LogP contribution in [-0.2, 0) is 9.47 Å². The van der Waals surface area contributed by atoms with Crippen LogP contribution >= 0.6 is 15.9 Å². The summed E-state index contributed by atoms with van der Waals surface area (Å²) in [5.74, 6) is 0.786. The quantitative estimate of drug-likeness (QED) is 0.517. The van der Waals surface area contributed by atoms with E-state index in [0.717, 1.165) is 23.2 Å². The van der Waals surface area contributed by atoms with E-state index in [4.69, 9.17) is 14.2 Å². The Morgan fingerprint density at radius 2 is 2.00 bits per heavy atom. The first kappa shape index (κ1) is 19.7. The second-order valence-electron chi connectivity index (χ2n) is 5.91. The number of alkyl carbamates (subject to hydrolysis) is 1. The lowest BCUT2D eigenvalue weighted by Crippen LogP contribution is -2.33. The number of hydrogen-bond acceptors (Lipinski definition) is 5. The van der Waals surface area contributed by atoms with Crippen molar-refractivity contribution < 1.29 is 19.0 Å². The SMILES string of the molecule is CC(C)(C)OC(=O)NCCCOCCCOc1ccnc(Br)c1. The smallest absolute Gasteiger partial charge is 0.407 e. The van der Waals surface area contributed by atoms with Gasteiger partial charge in [-0.1, -0.05) is 0 Å². The zero-order chi connectivity index (χ0) is 17.1. The van der Waals surface area contributed by atoms with Crippen LogP contribution in [0.3, 0.4) is 0 Å². The van der Waals surface area contributed by atoms with E-state index in [9.17, 15) is 4.79 Å². The first-order valence-corrected chi connectivity index (χ1v) is 8.45. The van der Waals surface area contributed by atoms with Crippen LogP contribution in [0.2, 0.25) is 0 Å². The van der Waals surface area contributed by atoms with Gasteiger partial charge in [0.25, 0.3) is 0 Å². The van der Waals surface area contributed by atoms with Gasteiger partial charge in [-0.3, -0.25) is 0 Å². The van der Waals surface area contributed by atoms with E-state index in [1.807, 2.05) is 32.9 Å². The summed E-state index contributed by atoms with van der Waals surface area (Å²) in [6.45, 7) is 7.85. The van der Waals surface area contributed by atoms with Crippen LogP contribution in [0.4, 0.5) is 4.79 Å². The molecule has 0 unspecified atom stereocenters. The Hall–Kier alpha value is -1.34. The first-order valence-electron chi connectivity index (χ1n) is 7.66. The van der Waals surface area contributed by atoms with Crippen molar-refractivity contribution in [1.29, 1.82) is 0 Å². The average molecular weight is 389 g/mol. The molecule has 7 heteroatoms. The molecular formula is C16H25BrN2O4. The molecule has 1 rings (SSSR count). The van der Waals surface area contributed by atoms with Crippen molar-refractivity contribution in [2.45, 2.75) is 39.2 Å². The van der Waals surface area contributed by atoms with E-state index in [1.165, 1.54) is 0 Å². The summed E-state index contributed by atoms with van der Waals surface area (Å²) in [6, 6.07) is 3.64. The fourth-order valence-corrected chi connectivity index (χ4v) is 1.95. The van der Waals surface area contributed by atoms with Crippen molar-refractivity contribution in [1.82, 2.24) is 10.3 Å². The van der Waals surface area contributed by atoms with E-state index in [2.05, 4.69) is 26.2 Å². The summed E-state index contributed by atoms with van der Waals surface area (Å²) in [7, 11) is 0. The highest BCUT2D eigenvalue weighted by atomic mass is 79.9. The van der Waals surface area contributed by atoms with Crippen molar-refractivity contribution >= 4 is 22.0 Å². The number of carbonyl (C=O) groups excluding carboxylic acids is 1. The standard InChI is InChI=1S/C16H25BrN2O4/c1-16(2,3)23-15(20)19-7-4-9-21-10-5-11-22-13-6-8-18-14(17)12-13/h6,8,12H,4-5,7,9-11H2,1-3H3,(H,19,20). The monoisotopic (exact) mass is 388 g/mol. The lowest BCUT2D eigenvalue weighted by molar-refractivity contribution is 0.0519. The van der Waals surface area contributed by atoms with Crippen molar-refractivity contribution in [2.24, 2.45) is 0 Å². The largest absolute Gasteiger partial charge is 0.493 e. The van der Waals surface area contributed by atoms with Crippen LogP contribution in [0.1, 0.15) is 33.6 Å². The lowest BCUT2D eigenvalue weighted by Gasteiger charge is -2.19. The molecule has 0 saturated heterocycles. The summed E-state index contributed by atoms with van der Waals surface area (Å²) in [6.07, 6.45) is 2.85. The molecular weight excluding hydrogens is 364 g/mol. The number of amides is 1. The molecule has 0 fully saturated rings. The van der Waals surface area contributed by atoms with Gasteiger partial charge in [0.15, 0.2) is 0 Å². The Morgan fingerprint density at radius 3 is 2.70 bits per heavy atom. The lowest BCUT2D eigenvalue weighted by atomic mass is 10.2. The third kappa shape index (κ3) is 10.9. The zero-order valence-corrected chi connectivity index (χ0v) is 15.5. The average Bonchev–Trinajstić information content (AvgIpc) is 2.43. The van der Waals surface area contributed by atoms with Gasteiger partial charge >= 0.3 is 6.09 Å². The number of pyridine rings is 1. The molecule has 23 heavy (non-hydrogen) atoms. The molecule has 130 valence electrons. The topological polar surface area (TPSA) is 69.7 Å². The van der Waals surface area contributed by atoms with Crippen molar-refractivity contribution in [3.63, 3.8) is 0 Å². The van der Waals surface area contributed by atoms with Gasteiger partial charge in [0.1, 0.15) is 16.0 Å². The molecule has 1 heterocycles. The fraction of sp³-hybridized carbons (Fsp3) is 0.625. The normalized spacial score (nSPS) is 11.1. The van der Waals surface area contributed by atoms with E-state index >= 15 is 0 Å². The zero-order valence-electron chi connectivity index (χ0n) is 13.9.